The van der Waals surface area contributed by atoms with E-state index in [1.807, 2.05) is 0 Å². The topological polar surface area (TPSA) is 40.1 Å². The molecule has 0 aromatic heterocycles. The second-order valence-electron chi connectivity index (χ2n) is 2.32. The maximum absolute atomic E-state index is 10.1. The van der Waals surface area contributed by atoms with Crippen molar-refractivity contribution in [1.29, 1.82) is 0 Å². The van der Waals surface area contributed by atoms with Gasteiger partial charge < -0.3 is 9.90 Å². The predicted molar refractivity (Wildman–Crippen MR) is 50.5 cm³/mol. The molecule has 0 saturated heterocycles. The molecule has 0 bridgehead atoms. The van der Waals surface area contributed by atoms with Gasteiger partial charge in [0, 0.05) is 10.0 Å². The summed E-state index contributed by atoms with van der Waals surface area (Å²) in [5.41, 5.74) is 0.593. The average molecular weight is 324 g/mol. The van der Waals surface area contributed by atoms with Crippen LogP contribution in [0.15, 0.2) is 24.3 Å². The van der Waals surface area contributed by atoms with Crippen LogP contribution < -0.4 is 5.11 Å². The quantitative estimate of drug-likeness (QED) is 0.614. The smallest absolute Gasteiger partial charge is 0.545 e. The van der Waals surface area contributed by atoms with Gasteiger partial charge in [-0.2, -0.15) is 0 Å². The van der Waals surface area contributed by atoms with Crippen LogP contribution in [0.3, 0.4) is 0 Å². The Morgan fingerprint density at radius 2 is 2.00 bits per heavy atom. The Kier molecular flexibility index (Phi) is 6.16. The SMILES string of the molecule is O=C([O-])/C=C/c1ccc(Cl)cc1Cl.[Ag+]. The van der Waals surface area contributed by atoms with Crippen LogP contribution in [-0.2, 0) is 27.2 Å². The molecule has 0 heterocycles. The number of carboxylic acids is 1. The van der Waals surface area contributed by atoms with E-state index in [0.29, 0.717) is 15.6 Å². The molecule has 0 spiro atoms. The molecule has 0 atom stereocenters. The van der Waals surface area contributed by atoms with Crippen LogP contribution in [0.2, 0.25) is 10.0 Å². The number of halogens is 2. The molecule has 0 N–H and O–H groups in total. The first-order valence-electron chi connectivity index (χ1n) is 3.43. The first-order chi connectivity index (χ1) is 6.09. The van der Waals surface area contributed by atoms with Gasteiger partial charge in [0.1, 0.15) is 0 Å². The summed E-state index contributed by atoms with van der Waals surface area (Å²) < 4.78 is 0. The van der Waals surface area contributed by atoms with Gasteiger partial charge >= 0.3 is 22.4 Å². The van der Waals surface area contributed by atoms with Crippen LogP contribution in [0.25, 0.3) is 6.08 Å². The summed E-state index contributed by atoms with van der Waals surface area (Å²) in [6.45, 7) is 0. The second-order valence-corrected chi connectivity index (χ2v) is 3.16. The Hall–Kier alpha value is -0.250. The Morgan fingerprint density at radius 3 is 2.50 bits per heavy atom. The third kappa shape index (κ3) is 4.31. The minimum atomic E-state index is -1.26. The number of benzene rings is 1. The zero-order chi connectivity index (χ0) is 9.84. The molecule has 0 saturated carbocycles. The van der Waals surface area contributed by atoms with Crippen LogP contribution in [0, 0.1) is 0 Å². The van der Waals surface area contributed by atoms with Crippen molar-refractivity contribution in [1.82, 2.24) is 0 Å². The normalized spacial score (nSPS) is 9.86. The second kappa shape index (κ2) is 6.27. The number of hydrogen-bond acceptors (Lipinski definition) is 2. The number of carbonyl (C=O) groups is 1. The summed E-state index contributed by atoms with van der Waals surface area (Å²) >= 11 is 11.4. The summed E-state index contributed by atoms with van der Waals surface area (Å²) in [6, 6.07) is 4.80. The Bertz CT molecular complexity index is 364. The number of carbonyl (C=O) groups excluding carboxylic acids is 1. The van der Waals surface area contributed by atoms with Crippen molar-refractivity contribution in [2.24, 2.45) is 0 Å². The summed E-state index contributed by atoms with van der Waals surface area (Å²) in [5, 5.41) is 11.0. The zero-order valence-corrected chi connectivity index (χ0v) is 9.75. The number of rotatable bonds is 2. The third-order valence-electron chi connectivity index (χ3n) is 1.36. The Labute approximate surface area is 107 Å². The van der Waals surface area contributed by atoms with Crippen molar-refractivity contribution in [3.63, 3.8) is 0 Å². The molecule has 1 rings (SSSR count). The van der Waals surface area contributed by atoms with Gasteiger partial charge in [0.15, 0.2) is 0 Å². The van der Waals surface area contributed by atoms with E-state index in [1.54, 1.807) is 12.1 Å². The van der Waals surface area contributed by atoms with E-state index in [9.17, 15) is 9.90 Å². The summed E-state index contributed by atoms with van der Waals surface area (Å²) in [5.74, 6) is -1.26. The molecule has 0 amide bonds. The molecular weight excluding hydrogens is 319 g/mol. The van der Waals surface area contributed by atoms with Crippen LogP contribution in [0.4, 0.5) is 0 Å². The molecule has 0 aliphatic heterocycles. The zero-order valence-electron chi connectivity index (χ0n) is 6.76. The van der Waals surface area contributed by atoms with Crippen molar-refractivity contribution < 1.29 is 32.3 Å². The first-order valence-corrected chi connectivity index (χ1v) is 4.19. The van der Waals surface area contributed by atoms with Gasteiger partial charge in [-0.15, -0.1) is 0 Å². The number of hydrogen-bond donors (Lipinski definition) is 0. The van der Waals surface area contributed by atoms with Crippen LogP contribution in [-0.4, -0.2) is 5.97 Å². The van der Waals surface area contributed by atoms with Crippen molar-refractivity contribution in [3.05, 3.63) is 39.9 Å². The van der Waals surface area contributed by atoms with E-state index in [2.05, 4.69) is 0 Å². The molecule has 0 fully saturated rings. The molecule has 2 nitrogen and oxygen atoms in total. The molecule has 78 valence electrons. The Balaban J connectivity index is 0.00000169. The monoisotopic (exact) mass is 322 g/mol. The first kappa shape index (κ1) is 13.8. The van der Waals surface area contributed by atoms with E-state index >= 15 is 0 Å². The van der Waals surface area contributed by atoms with Crippen LogP contribution in [0.5, 0.6) is 0 Å². The van der Waals surface area contributed by atoms with Crippen molar-refractivity contribution in [2.75, 3.05) is 0 Å². The van der Waals surface area contributed by atoms with E-state index in [1.165, 1.54) is 12.1 Å². The van der Waals surface area contributed by atoms with Gasteiger partial charge in [-0.25, -0.2) is 0 Å². The Morgan fingerprint density at radius 1 is 1.36 bits per heavy atom. The molecule has 1 aromatic rings. The molecule has 0 aliphatic carbocycles. The molecule has 1 aromatic carbocycles. The van der Waals surface area contributed by atoms with Crippen molar-refractivity contribution >= 4 is 35.2 Å². The third-order valence-corrected chi connectivity index (χ3v) is 1.92. The van der Waals surface area contributed by atoms with Gasteiger partial charge in [0.2, 0.25) is 0 Å². The minimum absolute atomic E-state index is 0. The van der Waals surface area contributed by atoms with E-state index < -0.39 is 5.97 Å². The fraction of sp³-hybridized carbons (Fsp3) is 0. The van der Waals surface area contributed by atoms with E-state index in [0.717, 1.165) is 6.08 Å². The van der Waals surface area contributed by atoms with Gasteiger partial charge in [-0.3, -0.25) is 0 Å². The molecule has 5 heteroatoms. The maximum Gasteiger partial charge on any atom is 1.00 e. The summed E-state index contributed by atoms with van der Waals surface area (Å²) in [4.78, 5) is 10.1. The van der Waals surface area contributed by atoms with Gasteiger partial charge in [0.05, 0.1) is 5.97 Å². The fourth-order valence-electron chi connectivity index (χ4n) is 0.794. The van der Waals surface area contributed by atoms with Crippen LogP contribution >= 0.6 is 23.2 Å². The summed E-state index contributed by atoms with van der Waals surface area (Å²) in [6.07, 6.45) is 2.27. The standard InChI is InChI=1S/C9H6Cl2O2.Ag/c10-7-3-1-6(8(11)5-7)2-4-9(12)13;/h1-5H,(H,12,13);/q;+1/p-1/b4-2+;. The maximum atomic E-state index is 10.1. The summed E-state index contributed by atoms with van der Waals surface area (Å²) in [7, 11) is 0. The molecule has 0 radical (unpaired) electrons. The van der Waals surface area contributed by atoms with Crippen LogP contribution in [0.1, 0.15) is 5.56 Å². The largest absolute Gasteiger partial charge is 1.00 e. The van der Waals surface area contributed by atoms with E-state index in [-0.39, 0.29) is 22.4 Å². The van der Waals surface area contributed by atoms with Gasteiger partial charge in [-0.1, -0.05) is 35.3 Å². The van der Waals surface area contributed by atoms with Crippen molar-refractivity contribution in [3.8, 4) is 0 Å². The van der Waals surface area contributed by atoms with Gasteiger partial charge in [0.25, 0.3) is 0 Å². The molecule has 0 unspecified atom stereocenters. The number of carboxylic acid groups (broad SMARTS) is 1. The van der Waals surface area contributed by atoms with E-state index in [4.69, 9.17) is 23.2 Å². The fourth-order valence-corrected chi connectivity index (χ4v) is 1.27. The molecule has 14 heavy (non-hydrogen) atoms. The minimum Gasteiger partial charge on any atom is -0.545 e. The van der Waals surface area contributed by atoms with Gasteiger partial charge in [-0.05, 0) is 23.8 Å². The number of aliphatic carboxylic acids is 1. The average Bonchev–Trinajstić information content (AvgIpc) is 2.02. The predicted octanol–water partition coefficient (Wildman–Crippen LogP) is 1.75. The molecular formula is C9H5AgCl2O2. The molecule has 0 aliphatic rings. The van der Waals surface area contributed by atoms with Crippen molar-refractivity contribution in [2.45, 2.75) is 0 Å².